The summed E-state index contributed by atoms with van der Waals surface area (Å²) < 4.78 is 7.34. The van der Waals surface area contributed by atoms with Crippen molar-refractivity contribution in [2.45, 2.75) is 27.0 Å². The Balaban J connectivity index is 1.93. The second-order valence-corrected chi connectivity index (χ2v) is 6.40. The van der Waals surface area contributed by atoms with E-state index in [9.17, 15) is 0 Å². The summed E-state index contributed by atoms with van der Waals surface area (Å²) in [6.07, 6.45) is 0. The molecule has 0 aliphatic rings. The first-order chi connectivity index (χ1) is 10.2. The number of nitrogens with two attached hydrogens (primary N) is 1. The third-order valence-electron chi connectivity index (χ3n) is 3.68. The van der Waals surface area contributed by atoms with Gasteiger partial charge in [0.1, 0.15) is 12.4 Å². The fourth-order valence-electron chi connectivity index (χ4n) is 2.49. The highest BCUT2D eigenvalue weighted by atomic mass is 32.1. The summed E-state index contributed by atoms with van der Waals surface area (Å²) in [6, 6.07) is 14.7. The zero-order valence-corrected chi connectivity index (χ0v) is 13.2. The Labute approximate surface area is 129 Å². The average Bonchev–Trinajstić information content (AvgIpc) is 2.86. The normalized spacial score (nSPS) is 11.0. The standard InChI is InChI=1S/C18H19NOS/c1-12-7-8-13(2)16(9-12)20-11-15-14-5-3-4-6-17(14)21-18(15)10-19/h3-9H,10-11,19H2,1-2H3. The maximum absolute atomic E-state index is 6.06. The van der Waals surface area contributed by atoms with Crippen LogP contribution in [0.5, 0.6) is 5.75 Å². The molecule has 0 spiro atoms. The van der Waals surface area contributed by atoms with Gasteiger partial charge in [-0.2, -0.15) is 0 Å². The zero-order chi connectivity index (χ0) is 14.8. The summed E-state index contributed by atoms with van der Waals surface area (Å²) in [5.74, 6) is 0.952. The van der Waals surface area contributed by atoms with Gasteiger partial charge in [0.25, 0.3) is 0 Å². The SMILES string of the molecule is Cc1ccc(C)c(OCc2c(CN)sc3ccccc23)c1. The number of benzene rings is 2. The van der Waals surface area contributed by atoms with Gasteiger partial charge in [-0.05, 0) is 42.5 Å². The summed E-state index contributed by atoms with van der Waals surface area (Å²) >= 11 is 1.76. The van der Waals surface area contributed by atoms with Crippen molar-refractivity contribution in [1.82, 2.24) is 0 Å². The molecule has 0 saturated heterocycles. The van der Waals surface area contributed by atoms with Crippen molar-refractivity contribution < 1.29 is 4.74 Å². The number of rotatable bonds is 4. The summed E-state index contributed by atoms with van der Waals surface area (Å²) in [4.78, 5) is 1.21. The van der Waals surface area contributed by atoms with Crippen molar-refractivity contribution in [1.29, 1.82) is 0 Å². The zero-order valence-electron chi connectivity index (χ0n) is 12.3. The molecule has 0 aliphatic carbocycles. The highest BCUT2D eigenvalue weighted by molar-refractivity contribution is 7.19. The fourth-order valence-corrected chi connectivity index (χ4v) is 3.57. The minimum Gasteiger partial charge on any atom is -0.489 e. The number of hydrogen-bond donors (Lipinski definition) is 1. The van der Waals surface area contributed by atoms with E-state index in [-0.39, 0.29) is 0 Å². The monoisotopic (exact) mass is 297 g/mol. The van der Waals surface area contributed by atoms with Gasteiger partial charge in [-0.1, -0.05) is 30.3 Å². The van der Waals surface area contributed by atoms with Crippen LogP contribution in [-0.4, -0.2) is 0 Å². The van der Waals surface area contributed by atoms with Crippen LogP contribution in [0.2, 0.25) is 0 Å². The van der Waals surface area contributed by atoms with Gasteiger partial charge in [-0.15, -0.1) is 11.3 Å². The minimum atomic E-state index is 0.560. The van der Waals surface area contributed by atoms with Crippen LogP contribution in [0.1, 0.15) is 21.6 Å². The lowest BCUT2D eigenvalue weighted by atomic mass is 10.1. The third kappa shape index (κ3) is 2.80. The number of hydrogen-bond acceptors (Lipinski definition) is 3. The summed E-state index contributed by atoms with van der Waals surface area (Å²) in [6.45, 7) is 5.29. The molecule has 3 heteroatoms. The summed E-state index contributed by atoms with van der Waals surface area (Å²) in [5, 5.41) is 1.26. The summed E-state index contributed by atoms with van der Waals surface area (Å²) in [5.41, 5.74) is 9.49. The van der Waals surface area contributed by atoms with Crippen molar-refractivity contribution in [3.8, 4) is 5.75 Å². The van der Waals surface area contributed by atoms with E-state index in [2.05, 4.69) is 56.3 Å². The molecular formula is C18H19NOS. The minimum absolute atomic E-state index is 0.560. The van der Waals surface area contributed by atoms with Crippen LogP contribution in [-0.2, 0) is 13.2 Å². The van der Waals surface area contributed by atoms with E-state index in [1.54, 1.807) is 11.3 Å². The van der Waals surface area contributed by atoms with Crippen LogP contribution in [0, 0.1) is 13.8 Å². The van der Waals surface area contributed by atoms with Crippen LogP contribution in [0.25, 0.3) is 10.1 Å². The Morgan fingerprint density at radius 2 is 1.90 bits per heavy atom. The second kappa shape index (κ2) is 5.88. The highest BCUT2D eigenvalue weighted by Gasteiger charge is 2.12. The molecule has 0 amide bonds. The Bertz CT molecular complexity index is 776. The number of thiophene rings is 1. The van der Waals surface area contributed by atoms with Crippen molar-refractivity contribution in [2.75, 3.05) is 0 Å². The molecule has 0 radical (unpaired) electrons. The van der Waals surface area contributed by atoms with Gasteiger partial charge < -0.3 is 10.5 Å². The Hall–Kier alpha value is -1.84. The molecule has 21 heavy (non-hydrogen) atoms. The predicted octanol–water partition coefficient (Wildman–Crippen LogP) is 4.56. The van der Waals surface area contributed by atoms with E-state index in [4.69, 9.17) is 10.5 Å². The maximum atomic E-state index is 6.06. The van der Waals surface area contributed by atoms with Crippen molar-refractivity contribution >= 4 is 21.4 Å². The van der Waals surface area contributed by atoms with E-state index in [1.165, 1.54) is 26.1 Å². The van der Waals surface area contributed by atoms with E-state index >= 15 is 0 Å². The van der Waals surface area contributed by atoms with Gasteiger partial charge in [0.2, 0.25) is 0 Å². The Kier molecular flexibility index (Phi) is 3.95. The Morgan fingerprint density at radius 1 is 1.10 bits per heavy atom. The van der Waals surface area contributed by atoms with E-state index in [0.29, 0.717) is 13.2 Å². The summed E-state index contributed by atoms with van der Waals surface area (Å²) in [7, 11) is 0. The van der Waals surface area contributed by atoms with Crippen LogP contribution in [0.15, 0.2) is 42.5 Å². The van der Waals surface area contributed by atoms with Crippen LogP contribution in [0.4, 0.5) is 0 Å². The molecule has 1 heterocycles. The quantitative estimate of drug-likeness (QED) is 0.766. The number of ether oxygens (including phenoxy) is 1. The molecule has 0 fully saturated rings. The van der Waals surface area contributed by atoms with Gasteiger partial charge in [0.05, 0.1) is 0 Å². The molecule has 2 aromatic carbocycles. The molecule has 0 atom stereocenters. The fraction of sp³-hybridized carbons (Fsp3) is 0.222. The van der Waals surface area contributed by atoms with Gasteiger partial charge >= 0.3 is 0 Å². The lowest BCUT2D eigenvalue weighted by molar-refractivity contribution is 0.305. The molecule has 3 aromatic rings. The second-order valence-electron chi connectivity index (χ2n) is 5.26. The van der Waals surface area contributed by atoms with Gasteiger partial charge in [-0.25, -0.2) is 0 Å². The van der Waals surface area contributed by atoms with Gasteiger partial charge in [-0.3, -0.25) is 0 Å². The largest absolute Gasteiger partial charge is 0.489 e. The molecule has 108 valence electrons. The molecule has 0 bridgehead atoms. The molecule has 0 unspecified atom stereocenters. The van der Waals surface area contributed by atoms with E-state index in [1.807, 2.05) is 0 Å². The van der Waals surface area contributed by atoms with Crippen LogP contribution in [0.3, 0.4) is 0 Å². The van der Waals surface area contributed by atoms with E-state index in [0.717, 1.165) is 11.3 Å². The van der Waals surface area contributed by atoms with Crippen LogP contribution < -0.4 is 10.5 Å². The van der Waals surface area contributed by atoms with Crippen molar-refractivity contribution in [3.05, 3.63) is 64.0 Å². The Morgan fingerprint density at radius 3 is 2.71 bits per heavy atom. The van der Waals surface area contributed by atoms with Gasteiger partial charge in [0.15, 0.2) is 0 Å². The van der Waals surface area contributed by atoms with Crippen LogP contribution >= 0.6 is 11.3 Å². The predicted molar refractivity (Wildman–Crippen MR) is 90.0 cm³/mol. The smallest absolute Gasteiger partial charge is 0.122 e. The third-order valence-corrected chi connectivity index (χ3v) is 4.92. The van der Waals surface area contributed by atoms with E-state index < -0.39 is 0 Å². The lowest BCUT2D eigenvalue weighted by Crippen LogP contribution is -2.02. The molecule has 3 rings (SSSR count). The van der Waals surface area contributed by atoms with Crippen molar-refractivity contribution in [2.24, 2.45) is 5.73 Å². The first kappa shape index (κ1) is 14.1. The average molecular weight is 297 g/mol. The first-order valence-electron chi connectivity index (χ1n) is 7.08. The molecule has 2 N–H and O–H groups in total. The molecule has 0 aliphatic heterocycles. The molecule has 1 aromatic heterocycles. The van der Waals surface area contributed by atoms with Gasteiger partial charge in [0, 0.05) is 21.7 Å². The van der Waals surface area contributed by atoms with Crippen molar-refractivity contribution in [3.63, 3.8) is 0 Å². The topological polar surface area (TPSA) is 35.2 Å². The first-order valence-corrected chi connectivity index (χ1v) is 7.90. The maximum Gasteiger partial charge on any atom is 0.122 e. The number of fused-ring (bicyclic) bond motifs is 1. The highest BCUT2D eigenvalue weighted by Crippen LogP contribution is 2.32. The number of aryl methyl sites for hydroxylation is 2. The molecule has 0 saturated carbocycles. The lowest BCUT2D eigenvalue weighted by Gasteiger charge is -2.11. The molecule has 2 nitrogen and oxygen atoms in total. The molecular weight excluding hydrogens is 278 g/mol.